The summed E-state index contributed by atoms with van der Waals surface area (Å²) >= 11 is 0. The van der Waals surface area contributed by atoms with Gasteiger partial charge < -0.3 is 10.2 Å². The lowest BCUT2D eigenvalue weighted by molar-refractivity contribution is -0.135. The lowest BCUT2D eigenvalue weighted by Gasteiger charge is -2.33. The maximum absolute atomic E-state index is 12.4. The van der Waals surface area contributed by atoms with Gasteiger partial charge in [0.1, 0.15) is 0 Å². The third-order valence-corrected chi connectivity index (χ3v) is 4.15. The molecule has 1 aliphatic rings. The van der Waals surface area contributed by atoms with Gasteiger partial charge >= 0.3 is 0 Å². The molecule has 1 fully saturated rings. The molecule has 1 aromatic rings. The van der Waals surface area contributed by atoms with Crippen LogP contribution in [0.25, 0.3) is 0 Å². The van der Waals surface area contributed by atoms with Crippen LogP contribution in [0, 0.1) is 12.8 Å². The maximum Gasteiger partial charge on any atom is 0.226 e. The van der Waals surface area contributed by atoms with Gasteiger partial charge in [0, 0.05) is 24.5 Å². The minimum absolute atomic E-state index is 0.0252. The van der Waals surface area contributed by atoms with Crippen LogP contribution >= 0.6 is 0 Å². The number of hydrogen-bond acceptors (Lipinski definition) is 2. The van der Waals surface area contributed by atoms with Gasteiger partial charge in [-0.1, -0.05) is 29.8 Å². The number of likely N-dealkylation sites (tertiary alicyclic amines) is 1. The number of aryl methyl sites for hydroxylation is 1. The maximum atomic E-state index is 12.4. The zero-order chi connectivity index (χ0) is 17.0. The SMILES string of the molecule is Cc1cccc(CC(=O)N2CCC(C(=O)NC(C)(C)C)CC2)c1. The first-order valence-electron chi connectivity index (χ1n) is 8.40. The Morgan fingerprint density at radius 3 is 2.43 bits per heavy atom. The fourth-order valence-electron chi connectivity index (χ4n) is 2.97. The molecule has 0 saturated carbocycles. The van der Waals surface area contributed by atoms with Crippen LogP contribution in [0.1, 0.15) is 44.7 Å². The molecule has 0 radical (unpaired) electrons. The average Bonchev–Trinajstić information content (AvgIpc) is 2.45. The van der Waals surface area contributed by atoms with Crippen LogP contribution in [-0.4, -0.2) is 35.3 Å². The monoisotopic (exact) mass is 316 g/mol. The number of benzene rings is 1. The Bertz CT molecular complexity index is 567. The summed E-state index contributed by atoms with van der Waals surface area (Å²) in [5.41, 5.74) is 2.03. The van der Waals surface area contributed by atoms with Gasteiger partial charge in [0.25, 0.3) is 0 Å². The molecule has 2 rings (SSSR count). The Morgan fingerprint density at radius 2 is 1.87 bits per heavy atom. The van der Waals surface area contributed by atoms with Crippen molar-refractivity contribution in [2.45, 2.75) is 52.5 Å². The van der Waals surface area contributed by atoms with Gasteiger partial charge in [-0.2, -0.15) is 0 Å². The standard InChI is InChI=1S/C19H28N2O2/c1-14-6-5-7-15(12-14)13-17(22)21-10-8-16(9-11-21)18(23)20-19(2,3)4/h5-7,12,16H,8-11,13H2,1-4H3,(H,20,23). The molecular weight excluding hydrogens is 288 g/mol. The van der Waals surface area contributed by atoms with E-state index in [1.165, 1.54) is 5.56 Å². The van der Waals surface area contributed by atoms with Crippen molar-refractivity contribution < 1.29 is 9.59 Å². The third-order valence-electron chi connectivity index (χ3n) is 4.15. The summed E-state index contributed by atoms with van der Waals surface area (Å²) in [5, 5.41) is 3.04. The molecule has 0 atom stereocenters. The van der Waals surface area contributed by atoms with E-state index in [4.69, 9.17) is 0 Å². The van der Waals surface area contributed by atoms with E-state index in [1.807, 2.05) is 50.8 Å². The van der Waals surface area contributed by atoms with Gasteiger partial charge in [0.15, 0.2) is 0 Å². The summed E-state index contributed by atoms with van der Waals surface area (Å²) in [4.78, 5) is 26.5. The van der Waals surface area contributed by atoms with Crippen molar-refractivity contribution >= 4 is 11.8 Å². The first-order valence-corrected chi connectivity index (χ1v) is 8.40. The Hall–Kier alpha value is -1.84. The highest BCUT2D eigenvalue weighted by Crippen LogP contribution is 2.19. The van der Waals surface area contributed by atoms with E-state index in [9.17, 15) is 9.59 Å². The zero-order valence-corrected chi connectivity index (χ0v) is 14.7. The van der Waals surface area contributed by atoms with E-state index in [2.05, 4.69) is 11.4 Å². The molecule has 1 heterocycles. The molecule has 0 aromatic heterocycles. The van der Waals surface area contributed by atoms with Crippen molar-refractivity contribution in [3.8, 4) is 0 Å². The molecular formula is C19H28N2O2. The molecule has 0 bridgehead atoms. The number of piperidine rings is 1. The number of carbonyl (C=O) groups excluding carboxylic acids is 2. The molecule has 1 aliphatic heterocycles. The van der Waals surface area contributed by atoms with Crippen molar-refractivity contribution in [1.82, 2.24) is 10.2 Å². The van der Waals surface area contributed by atoms with Crippen molar-refractivity contribution in [3.05, 3.63) is 35.4 Å². The molecule has 126 valence electrons. The quantitative estimate of drug-likeness (QED) is 0.932. The van der Waals surface area contributed by atoms with E-state index in [0.29, 0.717) is 19.5 Å². The fraction of sp³-hybridized carbons (Fsp3) is 0.579. The summed E-state index contributed by atoms with van der Waals surface area (Å²) in [6.07, 6.45) is 1.95. The zero-order valence-electron chi connectivity index (χ0n) is 14.7. The number of amides is 2. The highest BCUT2D eigenvalue weighted by atomic mass is 16.2. The highest BCUT2D eigenvalue weighted by molar-refractivity contribution is 5.81. The molecule has 23 heavy (non-hydrogen) atoms. The van der Waals surface area contributed by atoms with Gasteiger partial charge in [-0.05, 0) is 46.1 Å². The van der Waals surface area contributed by atoms with Gasteiger partial charge in [-0.3, -0.25) is 9.59 Å². The Balaban J connectivity index is 1.84. The molecule has 0 unspecified atom stereocenters. The average molecular weight is 316 g/mol. The summed E-state index contributed by atoms with van der Waals surface area (Å²) in [6.45, 7) is 9.36. The number of carbonyl (C=O) groups is 2. The van der Waals surface area contributed by atoms with Crippen LogP contribution in [-0.2, 0) is 16.0 Å². The predicted molar refractivity (Wildman–Crippen MR) is 92.1 cm³/mol. The molecule has 2 amide bonds. The van der Waals surface area contributed by atoms with Crippen LogP contribution in [0.2, 0.25) is 0 Å². The lowest BCUT2D eigenvalue weighted by Crippen LogP contribution is -2.48. The van der Waals surface area contributed by atoms with Crippen LogP contribution in [0.4, 0.5) is 0 Å². The first kappa shape index (κ1) is 17.5. The normalized spacial score (nSPS) is 16.3. The molecule has 1 N–H and O–H groups in total. The predicted octanol–water partition coefficient (Wildman–Crippen LogP) is 2.69. The van der Waals surface area contributed by atoms with Crippen molar-refractivity contribution in [3.63, 3.8) is 0 Å². The molecule has 4 nitrogen and oxygen atoms in total. The van der Waals surface area contributed by atoms with E-state index in [1.54, 1.807) is 0 Å². The van der Waals surface area contributed by atoms with Gasteiger partial charge in [-0.25, -0.2) is 0 Å². The van der Waals surface area contributed by atoms with Crippen molar-refractivity contribution in [2.75, 3.05) is 13.1 Å². The number of hydrogen-bond donors (Lipinski definition) is 1. The summed E-state index contributed by atoms with van der Waals surface area (Å²) in [7, 11) is 0. The lowest BCUT2D eigenvalue weighted by atomic mass is 9.94. The summed E-state index contributed by atoms with van der Waals surface area (Å²) < 4.78 is 0. The minimum atomic E-state index is -0.199. The van der Waals surface area contributed by atoms with Crippen LogP contribution in [0.5, 0.6) is 0 Å². The minimum Gasteiger partial charge on any atom is -0.351 e. The highest BCUT2D eigenvalue weighted by Gasteiger charge is 2.28. The molecule has 0 spiro atoms. The third kappa shape index (κ3) is 5.38. The Kier molecular flexibility index (Phi) is 5.45. The second-order valence-corrected chi connectivity index (χ2v) is 7.56. The largest absolute Gasteiger partial charge is 0.351 e. The first-order chi connectivity index (χ1) is 10.7. The topological polar surface area (TPSA) is 49.4 Å². The van der Waals surface area contributed by atoms with Crippen molar-refractivity contribution in [2.24, 2.45) is 5.92 Å². The molecule has 4 heteroatoms. The molecule has 1 saturated heterocycles. The smallest absolute Gasteiger partial charge is 0.226 e. The molecule has 0 aliphatic carbocycles. The van der Waals surface area contributed by atoms with E-state index in [0.717, 1.165) is 18.4 Å². The van der Waals surface area contributed by atoms with E-state index >= 15 is 0 Å². The van der Waals surface area contributed by atoms with Crippen LogP contribution in [0.15, 0.2) is 24.3 Å². The fourth-order valence-corrected chi connectivity index (χ4v) is 2.97. The van der Waals surface area contributed by atoms with Crippen LogP contribution in [0.3, 0.4) is 0 Å². The summed E-state index contributed by atoms with van der Waals surface area (Å²) in [5.74, 6) is 0.297. The second-order valence-electron chi connectivity index (χ2n) is 7.56. The van der Waals surface area contributed by atoms with Gasteiger partial charge in [0.2, 0.25) is 11.8 Å². The number of nitrogens with one attached hydrogen (secondary N) is 1. The molecule has 1 aromatic carbocycles. The Morgan fingerprint density at radius 1 is 1.22 bits per heavy atom. The number of rotatable bonds is 3. The van der Waals surface area contributed by atoms with E-state index < -0.39 is 0 Å². The van der Waals surface area contributed by atoms with Crippen molar-refractivity contribution in [1.29, 1.82) is 0 Å². The number of nitrogens with zero attached hydrogens (tertiary/aromatic N) is 1. The van der Waals surface area contributed by atoms with Crippen LogP contribution < -0.4 is 5.32 Å². The van der Waals surface area contributed by atoms with Gasteiger partial charge in [-0.15, -0.1) is 0 Å². The summed E-state index contributed by atoms with van der Waals surface area (Å²) in [6, 6.07) is 8.07. The van der Waals surface area contributed by atoms with E-state index in [-0.39, 0.29) is 23.3 Å². The Labute approximate surface area is 139 Å². The van der Waals surface area contributed by atoms with Gasteiger partial charge in [0.05, 0.1) is 6.42 Å². The second kappa shape index (κ2) is 7.16.